The number of fused-ring (bicyclic) bond motifs is 1. The van der Waals surface area contributed by atoms with Gasteiger partial charge >= 0.3 is 0 Å². The lowest BCUT2D eigenvalue weighted by Gasteiger charge is -2.07. The van der Waals surface area contributed by atoms with Gasteiger partial charge in [-0.2, -0.15) is 0 Å². The lowest BCUT2D eigenvalue weighted by molar-refractivity contribution is -0.115. The van der Waals surface area contributed by atoms with Crippen LogP contribution in [0, 0.1) is 20.8 Å². The van der Waals surface area contributed by atoms with Crippen LogP contribution in [-0.4, -0.2) is 11.1 Å². The van der Waals surface area contributed by atoms with E-state index in [0.717, 1.165) is 37.8 Å². The number of nitrogens with one attached hydrogen (secondary N) is 1. The second kappa shape index (κ2) is 6.16. The van der Waals surface area contributed by atoms with Crippen molar-refractivity contribution in [2.45, 2.75) is 27.2 Å². The molecule has 0 saturated heterocycles. The molecule has 2 aromatic carbocycles. The maximum Gasteiger partial charge on any atom is 0.230 e. The Labute approximate surface area is 143 Å². The van der Waals surface area contributed by atoms with Crippen LogP contribution < -0.4 is 5.32 Å². The van der Waals surface area contributed by atoms with E-state index in [-0.39, 0.29) is 12.3 Å². The number of carbonyl (C=O) groups is 1. The molecule has 0 unspecified atom stereocenters. The van der Waals surface area contributed by atoms with E-state index in [4.69, 9.17) is 4.52 Å². The molecule has 0 spiro atoms. The van der Waals surface area contributed by atoms with E-state index in [9.17, 15) is 4.79 Å². The number of amides is 1. The molecule has 0 atom stereocenters. The zero-order valence-corrected chi connectivity index (χ0v) is 14.8. The van der Waals surface area contributed by atoms with Crippen molar-refractivity contribution in [3.05, 3.63) is 57.2 Å². The first-order chi connectivity index (χ1) is 10.9. The van der Waals surface area contributed by atoms with Gasteiger partial charge in [0.05, 0.1) is 12.1 Å². The molecule has 0 saturated carbocycles. The van der Waals surface area contributed by atoms with E-state index in [1.165, 1.54) is 0 Å². The van der Waals surface area contributed by atoms with E-state index in [1.807, 2.05) is 45.0 Å². The highest BCUT2D eigenvalue weighted by molar-refractivity contribution is 9.10. The molecule has 3 rings (SSSR count). The summed E-state index contributed by atoms with van der Waals surface area (Å²) in [7, 11) is 0. The summed E-state index contributed by atoms with van der Waals surface area (Å²) in [6, 6.07) is 9.81. The van der Waals surface area contributed by atoms with Crippen molar-refractivity contribution in [3.8, 4) is 0 Å². The molecule has 0 bridgehead atoms. The normalized spacial score (nSPS) is 11.0. The van der Waals surface area contributed by atoms with Crippen LogP contribution in [0.25, 0.3) is 11.0 Å². The molecule has 3 aromatic rings. The number of aromatic nitrogens is 1. The molecule has 0 aliphatic heterocycles. The Morgan fingerprint density at radius 1 is 1.17 bits per heavy atom. The summed E-state index contributed by atoms with van der Waals surface area (Å²) in [5.41, 5.74) is 5.45. The van der Waals surface area contributed by atoms with Crippen molar-refractivity contribution in [2.75, 3.05) is 5.32 Å². The van der Waals surface area contributed by atoms with Crippen LogP contribution in [0.15, 0.2) is 39.3 Å². The van der Waals surface area contributed by atoms with Crippen LogP contribution in [0.4, 0.5) is 5.69 Å². The Kier molecular flexibility index (Phi) is 4.22. The van der Waals surface area contributed by atoms with Gasteiger partial charge in [-0.25, -0.2) is 0 Å². The average Bonchev–Trinajstić information content (AvgIpc) is 2.85. The highest BCUT2D eigenvalue weighted by atomic mass is 79.9. The van der Waals surface area contributed by atoms with Gasteiger partial charge in [-0.05, 0) is 71.6 Å². The van der Waals surface area contributed by atoms with Crippen molar-refractivity contribution in [3.63, 3.8) is 0 Å². The minimum Gasteiger partial charge on any atom is -0.356 e. The fourth-order valence-corrected chi connectivity index (χ4v) is 3.30. The molecule has 0 aliphatic carbocycles. The number of hydrogen-bond donors (Lipinski definition) is 1. The third-order valence-electron chi connectivity index (χ3n) is 3.71. The first kappa shape index (κ1) is 15.7. The van der Waals surface area contributed by atoms with Gasteiger partial charge in [0.2, 0.25) is 5.91 Å². The van der Waals surface area contributed by atoms with Crippen molar-refractivity contribution in [1.29, 1.82) is 0 Å². The Balaban J connectivity index is 1.83. The lowest BCUT2D eigenvalue weighted by Crippen LogP contribution is -2.15. The first-order valence-electron chi connectivity index (χ1n) is 7.35. The van der Waals surface area contributed by atoms with E-state index in [0.29, 0.717) is 5.69 Å². The first-order valence-corrected chi connectivity index (χ1v) is 8.15. The van der Waals surface area contributed by atoms with Crippen molar-refractivity contribution in [2.24, 2.45) is 0 Å². The van der Waals surface area contributed by atoms with Gasteiger partial charge in [-0.15, -0.1) is 0 Å². The van der Waals surface area contributed by atoms with Crippen LogP contribution >= 0.6 is 15.9 Å². The molecule has 4 nitrogen and oxygen atoms in total. The largest absolute Gasteiger partial charge is 0.356 e. The number of carbonyl (C=O) groups excluding carboxylic acids is 1. The zero-order chi connectivity index (χ0) is 16.6. The van der Waals surface area contributed by atoms with Gasteiger partial charge in [0, 0.05) is 9.86 Å². The van der Waals surface area contributed by atoms with Gasteiger partial charge < -0.3 is 9.84 Å². The monoisotopic (exact) mass is 372 g/mol. The second-order valence-electron chi connectivity index (χ2n) is 5.79. The van der Waals surface area contributed by atoms with Crippen LogP contribution in [0.3, 0.4) is 0 Å². The molecule has 23 heavy (non-hydrogen) atoms. The summed E-state index contributed by atoms with van der Waals surface area (Å²) in [5.74, 6) is -0.121. The molecule has 0 aliphatic rings. The van der Waals surface area contributed by atoms with E-state index in [1.54, 1.807) is 0 Å². The van der Waals surface area contributed by atoms with Crippen LogP contribution in [-0.2, 0) is 11.2 Å². The predicted molar refractivity (Wildman–Crippen MR) is 94.7 cm³/mol. The fraction of sp³-hybridized carbons (Fsp3) is 0.222. The highest BCUT2D eigenvalue weighted by Gasteiger charge is 2.15. The summed E-state index contributed by atoms with van der Waals surface area (Å²) in [5, 5.41) is 7.90. The lowest BCUT2D eigenvalue weighted by atomic mass is 10.0. The van der Waals surface area contributed by atoms with E-state index >= 15 is 0 Å². The van der Waals surface area contributed by atoms with E-state index < -0.39 is 0 Å². The van der Waals surface area contributed by atoms with Crippen molar-refractivity contribution in [1.82, 2.24) is 5.16 Å². The number of anilines is 1. The average molecular weight is 373 g/mol. The quantitative estimate of drug-likeness (QED) is 0.724. The molecule has 1 heterocycles. The molecule has 1 N–H and O–H groups in total. The molecule has 5 heteroatoms. The summed E-state index contributed by atoms with van der Waals surface area (Å²) in [6.45, 7) is 6.02. The number of aryl methyl sites for hydroxylation is 3. The van der Waals surface area contributed by atoms with Gasteiger partial charge in [-0.1, -0.05) is 17.3 Å². The molecule has 118 valence electrons. The molecule has 1 amide bonds. The van der Waals surface area contributed by atoms with Gasteiger partial charge in [0.25, 0.3) is 0 Å². The smallest absolute Gasteiger partial charge is 0.230 e. The molecule has 0 fully saturated rings. The SMILES string of the molecule is Cc1ccc(NC(=O)Cc2noc3cc(C)cc(C)c23)c(Br)c1. The fourth-order valence-electron chi connectivity index (χ4n) is 2.71. The predicted octanol–water partition coefficient (Wildman–Crippen LogP) is 4.70. The molecular weight excluding hydrogens is 356 g/mol. The van der Waals surface area contributed by atoms with Crippen LogP contribution in [0.1, 0.15) is 22.4 Å². The van der Waals surface area contributed by atoms with Gasteiger partial charge in [0.15, 0.2) is 5.58 Å². The number of benzene rings is 2. The molecule has 0 radical (unpaired) electrons. The number of rotatable bonds is 3. The summed E-state index contributed by atoms with van der Waals surface area (Å²) >= 11 is 3.46. The minimum absolute atomic E-state index is 0.121. The Morgan fingerprint density at radius 3 is 2.70 bits per heavy atom. The second-order valence-corrected chi connectivity index (χ2v) is 6.65. The maximum atomic E-state index is 12.3. The Bertz CT molecular complexity index is 899. The third kappa shape index (κ3) is 3.29. The number of hydrogen-bond acceptors (Lipinski definition) is 3. The number of halogens is 1. The van der Waals surface area contributed by atoms with Gasteiger partial charge in [0.1, 0.15) is 5.69 Å². The van der Waals surface area contributed by atoms with Gasteiger partial charge in [-0.3, -0.25) is 4.79 Å². The summed E-state index contributed by atoms with van der Waals surface area (Å²) in [6.07, 6.45) is 0.178. The summed E-state index contributed by atoms with van der Waals surface area (Å²) in [4.78, 5) is 12.3. The molecule has 1 aromatic heterocycles. The van der Waals surface area contributed by atoms with E-state index in [2.05, 4.69) is 32.5 Å². The maximum absolute atomic E-state index is 12.3. The van der Waals surface area contributed by atoms with Crippen molar-refractivity contribution < 1.29 is 9.32 Å². The molecular formula is C18H17BrN2O2. The highest BCUT2D eigenvalue weighted by Crippen LogP contribution is 2.26. The minimum atomic E-state index is -0.121. The zero-order valence-electron chi connectivity index (χ0n) is 13.2. The number of nitrogens with zero attached hydrogens (tertiary/aromatic N) is 1. The Hall–Kier alpha value is -2.14. The Morgan fingerprint density at radius 2 is 1.96 bits per heavy atom. The topological polar surface area (TPSA) is 55.1 Å². The summed E-state index contributed by atoms with van der Waals surface area (Å²) < 4.78 is 6.23. The standard InChI is InChI=1S/C18H17BrN2O2/c1-10-4-5-14(13(19)7-10)20-17(22)9-15-18-12(3)6-11(2)8-16(18)23-21-15/h4-8H,9H2,1-3H3,(H,20,22). The van der Waals surface area contributed by atoms with Crippen molar-refractivity contribution >= 4 is 38.5 Å². The van der Waals surface area contributed by atoms with Crippen LogP contribution in [0.2, 0.25) is 0 Å². The third-order valence-corrected chi connectivity index (χ3v) is 4.37. The van der Waals surface area contributed by atoms with Crippen LogP contribution in [0.5, 0.6) is 0 Å².